The van der Waals surface area contributed by atoms with Crippen LogP contribution in [-0.4, -0.2) is 23.2 Å². The SMILES string of the molecule is NC(=O)CN1C(=O)C(Br)CC(c2ccccc2)c2ccccc21. The van der Waals surface area contributed by atoms with Crippen molar-refractivity contribution in [2.45, 2.75) is 17.2 Å². The van der Waals surface area contributed by atoms with Crippen LogP contribution >= 0.6 is 15.9 Å². The molecule has 118 valence electrons. The number of hydrogen-bond acceptors (Lipinski definition) is 2. The van der Waals surface area contributed by atoms with E-state index < -0.39 is 5.91 Å². The van der Waals surface area contributed by atoms with E-state index in [2.05, 4.69) is 28.1 Å². The molecule has 1 aliphatic heterocycles. The van der Waals surface area contributed by atoms with E-state index in [0.29, 0.717) is 6.42 Å². The highest BCUT2D eigenvalue weighted by molar-refractivity contribution is 9.10. The molecule has 2 amide bonds. The van der Waals surface area contributed by atoms with Gasteiger partial charge in [0.15, 0.2) is 0 Å². The minimum atomic E-state index is -0.522. The third-order valence-electron chi connectivity index (χ3n) is 4.10. The summed E-state index contributed by atoms with van der Waals surface area (Å²) in [7, 11) is 0. The van der Waals surface area contributed by atoms with E-state index in [1.807, 2.05) is 42.5 Å². The predicted molar refractivity (Wildman–Crippen MR) is 93.6 cm³/mol. The number of nitrogens with two attached hydrogens (primary N) is 1. The first-order valence-corrected chi connectivity index (χ1v) is 8.37. The number of nitrogens with zero attached hydrogens (tertiary/aromatic N) is 1. The lowest BCUT2D eigenvalue weighted by molar-refractivity contribution is -0.122. The van der Waals surface area contributed by atoms with E-state index in [0.717, 1.165) is 16.8 Å². The molecule has 0 aliphatic carbocycles. The lowest BCUT2D eigenvalue weighted by atomic mass is 9.87. The Labute approximate surface area is 143 Å². The number of para-hydroxylation sites is 1. The van der Waals surface area contributed by atoms with Crippen LogP contribution in [0.15, 0.2) is 54.6 Å². The Bertz CT molecular complexity index is 733. The summed E-state index contributed by atoms with van der Waals surface area (Å²) in [5.41, 5.74) is 8.28. The summed E-state index contributed by atoms with van der Waals surface area (Å²) in [5, 5.41) is 0. The largest absolute Gasteiger partial charge is 0.368 e. The van der Waals surface area contributed by atoms with Crippen molar-refractivity contribution in [3.05, 3.63) is 65.7 Å². The van der Waals surface area contributed by atoms with Gasteiger partial charge in [-0.2, -0.15) is 0 Å². The van der Waals surface area contributed by atoms with E-state index in [1.54, 1.807) is 0 Å². The quantitative estimate of drug-likeness (QED) is 0.841. The van der Waals surface area contributed by atoms with Crippen LogP contribution in [-0.2, 0) is 9.59 Å². The molecular formula is C18H17BrN2O2. The number of fused-ring (bicyclic) bond motifs is 1. The first-order valence-electron chi connectivity index (χ1n) is 7.45. The summed E-state index contributed by atoms with van der Waals surface area (Å²) in [6, 6.07) is 17.8. The molecule has 0 spiro atoms. The van der Waals surface area contributed by atoms with Gasteiger partial charge in [-0.15, -0.1) is 0 Å². The predicted octanol–water partition coefficient (Wildman–Crippen LogP) is 2.80. The molecule has 0 radical (unpaired) electrons. The topological polar surface area (TPSA) is 63.4 Å². The fourth-order valence-electron chi connectivity index (χ4n) is 3.07. The number of carbonyl (C=O) groups excluding carboxylic acids is 2. The molecule has 0 saturated carbocycles. The minimum Gasteiger partial charge on any atom is -0.368 e. The monoisotopic (exact) mass is 372 g/mol. The van der Waals surface area contributed by atoms with E-state index >= 15 is 0 Å². The maximum atomic E-state index is 12.7. The molecular weight excluding hydrogens is 356 g/mol. The second kappa shape index (κ2) is 6.54. The van der Waals surface area contributed by atoms with Crippen molar-refractivity contribution in [2.24, 2.45) is 5.73 Å². The molecule has 23 heavy (non-hydrogen) atoms. The minimum absolute atomic E-state index is 0.0820. The number of halogens is 1. The third kappa shape index (κ3) is 3.15. The summed E-state index contributed by atoms with van der Waals surface area (Å²) in [4.78, 5) is 25.2. The second-order valence-electron chi connectivity index (χ2n) is 5.62. The molecule has 2 aromatic rings. The van der Waals surface area contributed by atoms with Crippen molar-refractivity contribution >= 4 is 33.4 Å². The second-order valence-corrected chi connectivity index (χ2v) is 6.72. The van der Waals surface area contributed by atoms with Crippen molar-refractivity contribution in [3.8, 4) is 0 Å². The number of primary amides is 1. The smallest absolute Gasteiger partial charge is 0.241 e. The van der Waals surface area contributed by atoms with Crippen LogP contribution in [0, 0.1) is 0 Å². The molecule has 0 aromatic heterocycles. The van der Waals surface area contributed by atoms with Crippen molar-refractivity contribution < 1.29 is 9.59 Å². The third-order valence-corrected chi connectivity index (χ3v) is 4.86. The highest BCUT2D eigenvalue weighted by Crippen LogP contribution is 2.40. The number of benzene rings is 2. The first kappa shape index (κ1) is 15.7. The summed E-state index contributed by atoms with van der Waals surface area (Å²) < 4.78 is 0. The van der Waals surface area contributed by atoms with Crippen LogP contribution in [0.25, 0.3) is 0 Å². The average Bonchev–Trinajstić information content (AvgIpc) is 2.66. The van der Waals surface area contributed by atoms with Gasteiger partial charge in [0.2, 0.25) is 11.8 Å². The Morgan fingerprint density at radius 2 is 1.78 bits per heavy atom. The maximum absolute atomic E-state index is 12.7. The normalized spacial score (nSPS) is 20.7. The van der Waals surface area contributed by atoms with Crippen LogP contribution in [0.2, 0.25) is 0 Å². The fraction of sp³-hybridized carbons (Fsp3) is 0.222. The van der Waals surface area contributed by atoms with Gasteiger partial charge in [0.1, 0.15) is 6.54 Å². The van der Waals surface area contributed by atoms with Crippen molar-refractivity contribution in [1.82, 2.24) is 0 Å². The molecule has 2 N–H and O–H groups in total. The number of amides is 2. The molecule has 2 unspecified atom stereocenters. The summed E-state index contributed by atoms with van der Waals surface area (Å²) in [6.07, 6.45) is 0.634. The van der Waals surface area contributed by atoms with Gasteiger partial charge < -0.3 is 10.6 Å². The molecule has 0 saturated heterocycles. The first-order chi connectivity index (χ1) is 11.1. The highest BCUT2D eigenvalue weighted by atomic mass is 79.9. The summed E-state index contributed by atoms with van der Waals surface area (Å²) in [5.74, 6) is -0.570. The van der Waals surface area contributed by atoms with E-state index in [9.17, 15) is 9.59 Å². The number of anilines is 1. The number of carbonyl (C=O) groups is 2. The summed E-state index contributed by atoms with van der Waals surface area (Å²) in [6.45, 7) is -0.112. The van der Waals surface area contributed by atoms with Gasteiger partial charge in [-0.1, -0.05) is 64.5 Å². The van der Waals surface area contributed by atoms with Crippen LogP contribution in [0.3, 0.4) is 0 Å². The zero-order chi connectivity index (χ0) is 16.4. The molecule has 3 rings (SSSR count). The van der Waals surface area contributed by atoms with Crippen molar-refractivity contribution in [1.29, 1.82) is 0 Å². The zero-order valence-electron chi connectivity index (χ0n) is 12.5. The average molecular weight is 373 g/mol. The maximum Gasteiger partial charge on any atom is 0.241 e. The molecule has 0 fully saturated rings. The fourth-order valence-corrected chi connectivity index (χ4v) is 3.69. The molecule has 0 bridgehead atoms. The van der Waals surface area contributed by atoms with E-state index in [4.69, 9.17) is 5.73 Å². The zero-order valence-corrected chi connectivity index (χ0v) is 14.1. The van der Waals surface area contributed by atoms with Crippen LogP contribution in [0.1, 0.15) is 23.5 Å². The van der Waals surface area contributed by atoms with Crippen LogP contribution in [0.5, 0.6) is 0 Å². The molecule has 2 atom stereocenters. The van der Waals surface area contributed by atoms with Crippen molar-refractivity contribution in [3.63, 3.8) is 0 Å². The molecule has 4 nitrogen and oxygen atoms in total. The van der Waals surface area contributed by atoms with E-state index in [1.165, 1.54) is 4.90 Å². The molecule has 1 aliphatic rings. The van der Waals surface area contributed by atoms with Gasteiger partial charge in [-0.25, -0.2) is 0 Å². The van der Waals surface area contributed by atoms with Gasteiger partial charge in [-0.05, 0) is 23.6 Å². The molecule has 1 heterocycles. The Morgan fingerprint density at radius 3 is 2.48 bits per heavy atom. The van der Waals surface area contributed by atoms with Gasteiger partial charge in [0.25, 0.3) is 0 Å². The molecule has 5 heteroatoms. The Kier molecular flexibility index (Phi) is 4.48. The number of hydrogen-bond donors (Lipinski definition) is 1. The van der Waals surface area contributed by atoms with Crippen LogP contribution in [0.4, 0.5) is 5.69 Å². The van der Waals surface area contributed by atoms with Crippen molar-refractivity contribution in [2.75, 3.05) is 11.4 Å². The van der Waals surface area contributed by atoms with Gasteiger partial charge in [-0.3, -0.25) is 9.59 Å². The lowest BCUT2D eigenvalue weighted by Gasteiger charge is -2.23. The van der Waals surface area contributed by atoms with E-state index in [-0.39, 0.29) is 23.2 Å². The summed E-state index contributed by atoms with van der Waals surface area (Å²) >= 11 is 3.49. The van der Waals surface area contributed by atoms with Gasteiger partial charge in [0.05, 0.1) is 4.83 Å². The van der Waals surface area contributed by atoms with Gasteiger partial charge >= 0.3 is 0 Å². The number of rotatable bonds is 3. The van der Waals surface area contributed by atoms with Crippen LogP contribution < -0.4 is 10.6 Å². The lowest BCUT2D eigenvalue weighted by Crippen LogP contribution is -2.41. The molecule has 2 aromatic carbocycles. The van der Waals surface area contributed by atoms with Gasteiger partial charge in [0, 0.05) is 11.6 Å². The Hall–Kier alpha value is -2.14. The number of alkyl halides is 1. The highest BCUT2D eigenvalue weighted by Gasteiger charge is 2.34. The Balaban J connectivity index is 2.13. The standard InChI is InChI=1S/C18H17BrN2O2/c19-15-10-14(12-6-2-1-3-7-12)13-8-4-5-9-16(13)21(18(15)23)11-17(20)22/h1-9,14-15H,10-11H2,(H2,20,22). The Morgan fingerprint density at radius 1 is 1.13 bits per heavy atom.